The van der Waals surface area contributed by atoms with Crippen molar-refractivity contribution in [1.29, 1.82) is 0 Å². The van der Waals surface area contributed by atoms with Crippen molar-refractivity contribution in [2.75, 3.05) is 26.7 Å². The van der Waals surface area contributed by atoms with E-state index in [1.54, 1.807) is 0 Å². The number of amides is 1. The molecule has 5 heteroatoms. The van der Waals surface area contributed by atoms with Crippen LogP contribution in [-0.4, -0.2) is 58.2 Å². The van der Waals surface area contributed by atoms with Gasteiger partial charge in [-0.05, 0) is 44.7 Å². The molecule has 1 amide bonds. The lowest BCUT2D eigenvalue weighted by Crippen LogP contribution is -2.51. The first kappa shape index (κ1) is 15.5. The van der Waals surface area contributed by atoms with E-state index in [-0.39, 0.29) is 0 Å². The summed E-state index contributed by atoms with van der Waals surface area (Å²) in [6.45, 7) is 6.17. The van der Waals surface area contributed by atoms with Crippen LogP contribution in [0.1, 0.15) is 37.7 Å². The van der Waals surface area contributed by atoms with Crippen LogP contribution in [0.3, 0.4) is 0 Å². The summed E-state index contributed by atoms with van der Waals surface area (Å²) < 4.78 is 2.02. The van der Waals surface area contributed by atoms with Gasteiger partial charge in [-0.2, -0.15) is 5.10 Å². The minimum atomic E-state index is 0.312. The number of nitrogens with zero attached hydrogens (tertiary/aromatic N) is 4. The molecule has 2 heterocycles. The summed E-state index contributed by atoms with van der Waals surface area (Å²) in [6.07, 6.45) is 9.75. The van der Waals surface area contributed by atoms with Crippen molar-refractivity contribution < 1.29 is 4.79 Å². The molecule has 2 aliphatic rings. The molecule has 1 aliphatic heterocycles. The van der Waals surface area contributed by atoms with Gasteiger partial charge in [0.1, 0.15) is 0 Å². The summed E-state index contributed by atoms with van der Waals surface area (Å²) >= 11 is 0. The monoisotopic (exact) mass is 304 g/mol. The van der Waals surface area contributed by atoms with Gasteiger partial charge < -0.3 is 4.90 Å². The third-order valence-corrected chi connectivity index (χ3v) is 5.24. The molecule has 0 spiro atoms. The lowest BCUT2D eigenvalue weighted by molar-refractivity contribution is -0.140. The molecule has 0 radical (unpaired) electrons. The van der Waals surface area contributed by atoms with E-state index in [0.29, 0.717) is 17.9 Å². The number of aryl methyl sites for hydroxylation is 1. The Morgan fingerprint density at radius 3 is 2.77 bits per heavy atom. The predicted molar refractivity (Wildman–Crippen MR) is 86.5 cm³/mol. The smallest absolute Gasteiger partial charge is 0.225 e. The minimum Gasteiger partial charge on any atom is -0.341 e. The SMILES string of the molecule is Cc1cnn(CCN2CCCC(N(C)C(=O)C3CCC3)C2)c1. The maximum absolute atomic E-state index is 12.4. The average molecular weight is 304 g/mol. The highest BCUT2D eigenvalue weighted by Crippen LogP contribution is 2.29. The van der Waals surface area contributed by atoms with Crippen molar-refractivity contribution in [3.8, 4) is 0 Å². The number of hydrogen-bond donors (Lipinski definition) is 0. The molecule has 3 rings (SSSR count). The molecule has 1 aliphatic carbocycles. The van der Waals surface area contributed by atoms with E-state index < -0.39 is 0 Å². The zero-order valence-corrected chi connectivity index (χ0v) is 13.9. The Labute approximate surface area is 133 Å². The van der Waals surface area contributed by atoms with Crippen LogP contribution in [0.4, 0.5) is 0 Å². The van der Waals surface area contributed by atoms with Crippen LogP contribution in [0.15, 0.2) is 12.4 Å². The van der Waals surface area contributed by atoms with Crippen LogP contribution in [0.2, 0.25) is 0 Å². The first-order valence-corrected chi connectivity index (χ1v) is 8.61. The second-order valence-electron chi connectivity index (χ2n) is 6.95. The Bertz CT molecular complexity index is 509. The van der Waals surface area contributed by atoms with E-state index in [4.69, 9.17) is 0 Å². The van der Waals surface area contributed by atoms with Gasteiger partial charge in [0.05, 0.1) is 12.7 Å². The first-order chi connectivity index (χ1) is 10.6. The van der Waals surface area contributed by atoms with Gasteiger partial charge in [-0.15, -0.1) is 0 Å². The van der Waals surface area contributed by atoms with Crippen molar-refractivity contribution >= 4 is 5.91 Å². The second kappa shape index (κ2) is 6.82. The van der Waals surface area contributed by atoms with Crippen molar-refractivity contribution in [1.82, 2.24) is 19.6 Å². The highest BCUT2D eigenvalue weighted by molar-refractivity contribution is 5.79. The van der Waals surface area contributed by atoms with Gasteiger partial charge in [-0.25, -0.2) is 0 Å². The van der Waals surface area contributed by atoms with Crippen molar-refractivity contribution in [3.63, 3.8) is 0 Å². The zero-order chi connectivity index (χ0) is 15.5. The third kappa shape index (κ3) is 3.51. The largest absolute Gasteiger partial charge is 0.341 e. The Hall–Kier alpha value is -1.36. The van der Waals surface area contributed by atoms with Crippen LogP contribution in [0.25, 0.3) is 0 Å². The summed E-state index contributed by atoms with van der Waals surface area (Å²) in [6, 6.07) is 0.390. The molecule has 5 nitrogen and oxygen atoms in total. The van der Waals surface area contributed by atoms with Crippen LogP contribution < -0.4 is 0 Å². The standard InChI is InChI=1S/C17H28N4O/c1-14-11-18-21(12-14)10-9-20-8-4-7-16(13-20)19(2)17(22)15-5-3-6-15/h11-12,15-16H,3-10,13H2,1-2H3. The summed E-state index contributed by atoms with van der Waals surface area (Å²) in [7, 11) is 2.01. The number of carbonyl (C=O) groups is 1. The van der Waals surface area contributed by atoms with Crippen LogP contribution >= 0.6 is 0 Å². The molecule has 122 valence electrons. The van der Waals surface area contributed by atoms with Crippen LogP contribution in [0.5, 0.6) is 0 Å². The molecule has 1 saturated heterocycles. The average Bonchev–Trinajstić information content (AvgIpc) is 2.88. The van der Waals surface area contributed by atoms with Gasteiger partial charge in [0, 0.05) is 38.3 Å². The molecule has 0 N–H and O–H groups in total. The Morgan fingerprint density at radius 1 is 1.32 bits per heavy atom. The highest BCUT2D eigenvalue weighted by atomic mass is 16.2. The number of aromatic nitrogens is 2. The molecule has 1 aromatic rings. The molecular formula is C17H28N4O. The number of likely N-dealkylation sites (N-methyl/N-ethyl adjacent to an activating group) is 1. The number of piperidine rings is 1. The van der Waals surface area contributed by atoms with Crippen molar-refractivity contribution in [2.45, 2.75) is 51.6 Å². The zero-order valence-electron chi connectivity index (χ0n) is 13.9. The Kier molecular flexibility index (Phi) is 4.81. The maximum Gasteiger partial charge on any atom is 0.225 e. The van der Waals surface area contributed by atoms with E-state index >= 15 is 0 Å². The summed E-state index contributed by atoms with van der Waals surface area (Å²) in [5.41, 5.74) is 1.21. The van der Waals surface area contributed by atoms with Gasteiger partial charge in [0.15, 0.2) is 0 Å². The van der Waals surface area contributed by atoms with Gasteiger partial charge in [-0.3, -0.25) is 14.4 Å². The number of rotatable bonds is 5. The molecule has 1 saturated carbocycles. The van der Waals surface area contributed by atoms with Gasteiger partial charge in [0.2, 0.25) is 5.91 Å². The normalized spacial score (nSPS) is 23.3. The molecule has 1 aromatic heterocycles. The van der Waals surface area contributed by atoms with E-state index in [2.05, 4.69) is 23.1 Å². The molecule has 1 unspecified atom stereocenters. The number of hydrogen-bond acceptors (Lipinski definition) is 3. The fourth-order valence-electron chi connectivity index (χ4n) is 3.51. The quantitative estimate of drug-likeness (QED) is 0.834. The summed E-state index contributed by atoms with van der Waals surface area (Å²) in [4.78, 5) is 16.9. The van der Waals surface area contributed by atoms with E-state index in [1.807, 2.05) is 22.8 Å². The minimum absolute atomic E-state index is 0.312. The number of carbonyl (C=O) groups excluding carboxylic acids is 1. The third-order valence-electron chi connectivity index (χ3n) is 5.24. The Morgan fingerprint density at radius 2 is 2.14 bits per heavy atom. The molecule has 22 heavy (non-hydrogen) atoms. The van der Waals surface area contributed by atoms with Crippen LogP contribution in [-0.2, 0) is 11.3 Å². The molecule has 0 aromatic carbocycles. The van der Waals surface area contributed by atoms with Crippen molar-refractivity contribution in [2.24, 2.45) is 5.92 Å². The topological polar surface area (TPSA) is 41.4 Å². The molecular weight excluding hydrogens is 276 g/mol. The maximum atomic E-state index is 12.4. The van der Waals surface area contributed by atoms with Gasteiger partial charge in [0.25, 0.3) is 0 Å². The summed E-state index contributed by atoms with van der Waals surface area (Å²) in [5, 5.41) is 4.35. The highest BCUT2D eigenvalue weighted by Gasteiger charge is 2.32. The fraction of sp³-hybridized carbons (Fsp3) is 0.765. The van der Waals surface area contributed by atoms with Crippen LogP contribution in [0, 0.1) is 12.8 Å². The predicted octanol–water partition coefficient (Wildman–Crippen LogP) is 1.91. The molecule has 2 fully saturated rings. The fourth-order valence-corrected chi connectivity index (χ4v) is 3.51. The first-order valence-electron chi connectivity index (χ1n) is 8.61. The lowest BCUT2D eigenvalue weighted by Gasteiger charge is -2.40. The second-order valence-corrected chi connectivity index (χ2v) is 6.95. The van der Waals surface area contributed by atoms with E-state index in [0.717, 1.165) is 45.4 Å². The Balaban J connectivity index is 1.49. The molecule has 0 bridgehead atoms. The van der Waals surface area contributed by atoms with E-state index in [9.17, 15) is 4.79 Å². The summed E-state index contributed by atoms with van der Waals surface area (Å²) in [5.74, 6) is 0.688. The molecule has 1 atom stereocenters. The van der Waals surface area contributed by atoms with E-state index in [1.165, 1.54) is 18.4 Å². The lowest BCUT2D eigenvalue weighted by atomic mass is 9.84. The number of likely N-dealkylation sites (tertiary alicyclic amines) is 1. The van der Waals surface area contributed by atoms with Gasteiger partial charge >= 0.3 is 0 Å². The van der Waals surface area contributed by atoms with Crippen molar-refractivity contribution in [3.05, 3.63) is 18.0 Å². The van der Waals surface area contributed by atoms with Gasteiger partial charge in [-0.1, -0.05) is 6.42 Å².